The molecule has 3 aliphatic rings. The Morgan fingerprint density at radius 1 is 1.23 bits per heavy atom. The van der Waals surface area contributed by atoms with Crippen LogP contribution in [0.4, 0.5) is 10.1 Å². The zero-order chi connectivity index (χ0) is 24.1. The Balaban J connectivity index is 1.29. The highest BCUT2D eigenvalue weighted by atomic mass is 19.1. The number of halogens is 1. The van der Waals surface area contributed by atoms with Crippen LogP contribution in [0.15, 0.2) is 36.5 Å². The first-order chi connectivity index (χ1) is 17.0. The minimum atomic E-state index is -0.677. The molecule has 1 aromatic carbocycles. The van der Waals surface area contributed by atoms with Gasteiger partial charge in [0.2, 0.25) is 0 Å². The Morgan fingerprint density at radius 3 is 2.77 bits per heavy atom. The average Bonchev–Trinajstić information content (AvgIpc) is 3.15. The third-order valence-corrected chi connectivity index (χ3v) is 8.22. The van der Waals surface area contributed by atoms with Crippen molar-refractivity contribution in [3.8, 4) is 11.1 Å². The number of nitrogens with one attached hydrogen (secondary N) is 1. The number of carboxylic acid groups (broad SMARTS) is 1. The van der Waals surface area contributed by atoms with Gasteiger partial charge in [0.25, 0.3) is 0 Å². The number of carboxylic acids is 1. The molecule has 6 nitrogen and oxygen atoms in total. The predicted octanol–water partition coefficient (Wildman–Crippen LogP) is 5.44. The first kappa shape index (κ1) is 22.3. The summed E-state index contributed by atoms with van der Waals surface area (Å²) < 4.78 is 15.2. The number of hydrogen-bond acceptors (Lipinski definition) is 4. The molecule has 0 unspecified atom stereocenters. The number of fused-ring (bicyclic) bond motifs is 2. The number of aromatic amines is 1. The summed E-state index contributed by atoms with van der Waals surface area (Å²) in [6.07, 6.45) is 9.05. The van der Waals surface area contributed by atoms with Crippen molar-refractivity contribution in [1.29, 1.82) is 0 Å². The quantitative estimate of drug-likeness (QED) is 0.527. The highest BCUT2D eigenvalue weighted by Crippen LogP contribution is 2.44. The van der Waals surface area contributed by atoms with Gasteiger partial charge >= 0.3 is 5.97 Å². The number of anilines is 1. The van der Waals surface area contributed by atoms with Crippen LogP contribution in [0.25, 0.3) is 27.7 Å². The molecule has 6 rings (SSSR count). The first-order valence-electron chi connectivity index (χ1n) is 12.6. The monoisotopic (exact) mass is 474 g/mol. The molecule has 0 radical (unpaired) electrons. The maximum atomic E-state index is 15.2. The topological polar surface area (TPSA) is 72.5 Å². The number of aliphatic carboxylic acids is 1. The van der Waals surface area contributed by atoms with E-state index in [-0.39, 0.29) is 5.82 Å². The first-order valence-corrected chi connectivity index (χ1v) is 12.6. The highest BCUT2D eigenvalue weighted by molar-refractivity contribution is 6.03. The molecule has 1 saturated carbocycles. The zero-order valence-electron chi connectivity index (χ0n) is 20.1. The highest BCUT2D eigenvalue weighted by Gasteiger charge is 2.31. The molecule has 2 aliphatic heterocycles. The van der Waals surface area contributed by atoms with Gasteiger partial charge in [-0.05, 0) is 49.7 Å². The number of aromatic nitrogens is 2. The van der Waals surface area contributed by atoms with Crippen LogP contribution in [0.3, 0.4) is 0 Å². The maximum absolute atomic E-state index is 15.2. The SMILES string of the molecule is CN1Cc2c(C3=CCN(C4CCC(CC(=O)O)CC4)CC3)[nH]c3ncc(F)c(c23)-c2ccccc21. The second-order valence-corrected chi connectivity index (χ2v) is 10.3. The minimum absolute atomic E-state index is 0.283. The molecule has 0 spiro atoms. The van der Waals surface area contributed by atoms with Crippen molar-refractivity contribution >= 4 is 28.3 Å². The van der Waals surface area contributed by atoms with E-state index in [1.807, 2.05) is 18.2 Å². The molecule has 35 heavy (non-hydrogen) atoms. The van der Waals surface area contributed by atoms with Crippen LogP contribution >= 0.6 is 0 Å². The molecule has 2 N–H and O–H groups in total. The molecule has 0 amide bonds. The van der Waals surface area contributed by atoms with E-state index >= 15 is 4.39 Å². The molecular formula is C28H31FN4O2. The van der Waals surface area contributed by atoms with Crippen LogP contribution in [0, 0.1) is 11.7 Å². The van der Waals surface area contributed by atoms with Crippen LogP contribution < -0.4 is 4.90 Å². The van der Waals surface area contributed by atoms with Gasteiger partial charge in [-0.2, -0.15) is 0 Å². The van der Waals surface area contributed by atoms with E-state index in [1.165, 1.54) is 11.8 Å². The van der Waals surface area contributed by atoms with Gasteiger partial charge in [0.1, 0.15) is 11.5 Å². The van der Waals surface area contributed by atoms with E-state index in [0.29, 0.717) is 30.5 Å². The molecule has 4 heterocycles. The molecule has 182 valence electrons. The Hall–Kier alpha value is -3.19. The van der Waals surface area contributed by atoms with Crippen molar-refractivity contribution in [3.63, 3.8) is 0 Å². The van der Waals surface area contributed by atoms with Crippen LogP contribution in [-0.2, 0) is 11.3 Å². The summed E-state index contributed by atoms with van der Waals surface area (Å²) in [5, 5.41) is 9.98. The summed E-state index contributed by atoms with van der Waals surface area (Å²) >= 11 is 0. The van der Waals surface area contributed by atoms with Gasteiger partial charge in [-0.15, -0.1) is 0 Å². The average molecular weight is 475 g/mol. The summed E-state index contributed by atoms with van der Waals surface area (Å²) in [5.74, 6) is -0.635. The van der Waals surface area contributed by atoms with Crippen LogP contribution in [0.5, 0.6) is 0 Å². The molecule has 2 aromatic heterocycles. The third-order valence-electron chi connectivity index (χ3n) is 8.22. The van der Waals surface area contributed by atoms with E-state index in [1.54, 1.807) is 0 Å². The molecule has 0 saturated heterocycles. The normalized spacial score (nSPS) is 22.6. The van der Waals surface area contributed by atoms with Crippen molar-refractivity contribution in [3.05, 3.63) is 53.6 Å². The van der Waals surface area contributed by atoms with Crippen molar-refractivity contribution in [2.45, 2.75) is 51.1 Å². The van der Waals surface area contributed by atoms with E-state index in [0.717, 1.165) is 78.7 Å². The van der Waals surface area contributed by atoms with E-state index in [9.17, 15) is 4.79 Å². The number of carbonyl (C=O) groups is 1. The molecule has 0 atom stereocenters. The number of para-hydroxylation sites is 1. The molecule has 1 aliphatic carbocycles. The van der Waals surface area contributed by atoms with Gasteiger partial charge in [0, 0.05) is 72.6 Å². The summed E-state index contributed by atoms with van der Waals surface area (Å²) in [4.78, 5) is 23.8. The number of rotatable bonds is 4. The number of H-pyrrole nitrogens is 1. The van der Waals surface area contributed by atoms with Gasteiger partial charge < -0.3 is 15.0 Å². The fraction of sp³-hybridized carbons (Fsp3) is 0.429. The minimum Gasteiger partial charge on any atom is -0.481 e. The van der Waals surface area contributed by atoms with Crippen molar-refractivity contribution in [2.24, 2.45) is 5.92 Å². The lowest BCUT2D eigenvalue weighted by Crippen LogP contribution is -2.40. The molecular weight excluding hydrogens is 443 g/mol. The van der Waals surface area contributed by atoms with Crippen LogP contribution in [0.2, 0.25) is 0 Å². The van der Waals surface area contributed by atoms with Gasteiger partial charge in [-0.1, -0.05) is 24.3 Å². The third kappa shape index (κ3) is 3.92. The van der Waals surface area contributed by atoms with Crippen LogP contribution in [0.1, 0.15) is 49.8 Å². The lowest BCUT2D eigenvalue weighted by Gasteiger charge is -2.38. The second-order valence-electron chi connectivity index (χ2n) is 10.3. The summed E-state index contributed by atoms with van der Waals surface area (Å²) in [7, 11) is 2.07. The largest absolute Gasteiger partial charge is 0.481 e. The maximum Gasteiger partial charge on any atom is 0.303 e. The number of hydrogen-bond donors (Lipinski definition) is 2. The summed E-state index contributed by atoms with van der Waals surface area (Å²) in [6, 6.07) is 8.55. The smallest absolute Gasteiger partial charge is 0.303 e. The van der Waals surface area contributed by atoms with Gasteiger partial charge in [0.05, 0.1) is 6.20 Å². The van der Waals surface area contributed by atoms with Gasteiger partial charge in [-0.25, -0.2) is 9.37 Å². The molecule has 0 bridgehead atoms. The Labute approximate surface area is 204 Å². The Kier molecular flexibility index (Phi) is 5.60. The Morgan fingerprint density at radius 2 is 2.03 bits per heavy atom. The molecule has 1 fully saturated rings. The summed E-state index contributed by atoms with van der Waals surface area (Å²) in [5.41, 5.74) is 6.81. The van der Waals surface area contributed by atoms with Crippen molar-refractivity contribution < 1.29 is 14.3 Å². The zero-order valence-corrected chi connectivity index (χ0v) is 20.1. The fourth-order valence-electron chi connectivity index (χ4n) is 6.44. The summed E-state index contributed by atoms with van der Waals surface area (Å²) in [6.45, 7) is 2.57. The van der Waals surface area contributed by atoms with E-state index < -0.39 is 5.97 Å². The lowest BCUT2D eigenvalue weighted by atomic mass is 9.83. The van der Waals surface area contributed by atoms with Crippen LogP contribution in [-0.4, -0.2) is 52.1 Å². The number of pyridine rings is 1. The van der Waals surface area contributed by atoms with Crippen molar-refractivity contribution in [2.75, 3.05) is 25.0 Å². The second kappa shape index (κ2) is 8.79. The Bertz CT molecular complexity index is 1320. The van der Waals surface area contributed by atoms with Gasteiger partial charge in [-0.3, -0.25) is 9.69 Å². The standard InChI is InChI=1S/C28H31FN4O2/c1-32-16-21-26-25(20-4-2-3-5-23(20)32)22(29)15-30-28(26)31-27(21)18-10-12-33(13-11-18)19-8-6-17(7-9-19)14-24(34)35/h2-5,10,15,17,19H,6-9,11-14,16H2,1H3,(H,30,31)(H,34,35). The lowest BCUT2D eigenvalue weighted by molar-refractivity contribution is -0.138. The number of benzene rings is 1. The van der Waals surface area contributed by atoms with E-state index in [2.05, 4.69) is 39.0 Å². The van der Waals surface area contributed by atoms with Crippen molar-refractivity contribution in [1.82, 2.24) is 14.9 Å². The van der Waals surface area contributed by atoms with E-state index in [4.69, 9.17) is 5.11 Å². The predicted molar refractivity (Wildman–Crippen MR) is 136 cm³/mol. The fourth-order valence-corrected chi connectivity index (χ4v) is 6.44. The number of nitrogens with zero attached hydrogens (tertiary/aromatic N) is 3. The molecule has 3 aromatic rings. The van der Waals surface area contributed by atoms with Gasteiger partial charge in [0.15, 0.2) is 0 Å². The molecule has 7 heteroatoms.